The Kier molecular flexibility index (Phi) is 5.53. The number of likely N-dealkylation sites (tertiary alicyclic amines) is 1. The second-order valence-corrected chi connectivity index (χ2v) is 6.44. The summed E-state index contributed by atoms with van der Waals surface area (Å²) >= 11 is 6.02. The smallest absolute Gasteiger partial charge is 0.226 e. The molecule has 3 atom stereocenters. The van der Waals surface area contributed by atoms with Crippen molar-refractivity contribution >= 4 is 29.9 Å². The quantitative estimate of drug-likeness (QED) is 0.921. The lowest BCUT2D eigenvalue weighted by Gasteiger charge is -2.16. The van der Waals surface area contributed by atoms with Gasteiger partial charge in [-0.05, 0) is 56.0 Å². The van der Waals surface area contributed by atoms with E-state index in [4.69, 9.17) is 11.6 Å². The summed E-state index contributed by atoms with van der Waals surface area (Å²) in [5, 5.41) is 3.96. The average Bonchev–Trinajstić information content (AvgIpc) is 3.11. The standard InChI is InChI=1S/C16H21ClN2O.ClH/c1-18-9-11-5-6-19(10-11)16(20)15-8-14(15)12-3-2-4-13(17)7-12;/h2-4,7,11,14-15,18H,5-6,8-10H2,1H3;1H. The Hall–Kier alpha value is -0.770. The molecule has 1 heterocycles. The van der Waals surface area contributed by atoms with Crippen molar-refractivity contribution in [3.8, 4) is 0 Å². The van der Waals surface area contributed by atoms with Gasteiger partial charge in [0.2, 0.25) is 5.91 Å². The number of amides is 1. The number of hydrogen-bond acceptors (Lipinski definition) is 2. The summed E-state index contributed by atoms with van der Waals surface area (Å²) in [6.07, 6.45) is 2.10. The van der Waals surface area contributed by atoms with E-state index in [9.17, 15) is 4.79 Å². The minimum atomic E-state index is 0. The third-order valence-corrected chi connectivity index (χ3v) is 4.71. The van der Waals surface area contributed by atoms with Crippen LogP contribution < -0.4 is 5.32 Å². The molecule has 2 fully saturated rings. The molecular formula is C16H22Cl2N2O. The average molecular weight is 329 g/mol. The lowest BCUT2D eigenvalue weighted by molar-refractivity contribution is -0.131. The molecule has 0 aromatic heterocycles. The maximum absolute atomic E-state index is 12.5. The van der Waals surface area contributed by atoms with Crippen LogP contribution in [0, 0.1) is 11.8 Å². The molecule has 5 heteroatoms. The molecule has 3 unspecified atom stereocenters. The summed E-state index contributed by atoms with van der Waals surface area (Å²) in [7, 11) is 1.97. The van der Waals surface area contributed by atoms with Gasteiger partial charge in [-0.3, -0.25) is 4.79 Å². The van der Waals surface area contributed by atoms with Crippen LogP contribution in [-0.4, -0.2) is 37.5 Å². The maximum atomic E-state index is 12.5. The van der Waals surface area contributed by atoms with Crippen molar-refractivity contribution in [1.82, 2.24) is 10.2 Å². The molecule has 1 N–H and O–H groups in total. The van der Waals surface area contributed by atoms with Crippen LogP contribution in [0.15, 0.2) is 24.3 Å². The number of rotatable bonds is 4. The van der Waals surface area contributed by atoms with Gasteiger partial charge in [0, 0.05) is 24.0 Å². The van der Waals surface area contributed by atoms with E-state index in [0.29, 0.717) is 17.7 Å². The predicted octanol–water partition coefficient (Wildman–Crippen LogP) is 2.93. The number of halogens is 2. The number of benzene rings is 1. The van der Waals surface area contributed by atoms with Gasteiger partial charge < -0.3 is 10.2 Å². The predicted molar refractivity (Wildman–Crippen MR) is 88.2 cm³/mol. The minimum Gasteiger partial charge on any atom is -0.342 e. The SMILES string of the molecule is CNCC1CCN(C(=O)C2CC2c2cccc(Cl)c2)C1.Cl. The summed E-state index contributed by atoms with van der Waals surface area (Å²) < 4.78 is 0. The van der Waals surface area contributed by atoms with Gasteiger partial charge in [-0.15, -0.1) is 12.4 Å². The van der Waals surface area contributed by atoms with Gasteiger partial charge >= 0.3 is 0 Å². The molecule has 0 radical (unpaired) electrons. The molecule has 1 aliphatic heterocycles. The highest BCUT2D eigenvalue weighted by molar-refractivity contribution is 6.30. The summed E-state index contributed by atoms with van der Waals surface area (Å²) in [5.74, 6) is 1.52. The van der Waals surface area contributed by atoms with E-state index in [1.807, 2.05) is 25.2 Å². The lowest BCUT2D eigenvalue weighted by Crippen LogP contribution is -2.31. The van der Waals surface area contributed by atoms with Crippen LogP contribution in [-0.2, 0) is 4.79 Å². The highest BCUT2D eigenvalue weighted by Crippen LogP contribution is 2.49. The van der Waals surface area contributed by atoms with Gasteiger partial charge in [0.15, 0.2) is 0 Å². The van der Waals surface area contributed by atoms with Crippen LogP contribution in [0.1, 0.15) is 24.3 Å². The van der Waals surface area contributed by atoms with Crippen LogP contribution >= 0.6 is 24.0 Å². The topological polar surface area (TPSA) is 32.3 Å². The van der Waals surface area contributed by atoms with Crippen molar-refractivity contribution in [1.29, 1.82) is 0 Å². The third-order valence-electron chi connectivity index (χ3n) is 4.47. The van der Waals surface area contributed by atoms with E-state index >= 15 is 0 Å². The second kappa shape index (κ2) is 6.99. The molecule has 1 aromatic rings. The Morgan fingerprint density at radius 3 is 3.00 bits per heavy atom. The molecule has 0 spiro atoms. The van der Waals surface area contributed by atoms with E-state index in [2.05, 4.69) is 16.3 Å². The molecule has 116 valence electrons. The monoisotopic (exact) mass is 328 g/mol. The molecule has 3 nitrogen and oxygen atoms in total. The molecule has 3 rings (SSSR count). The first-order chi connectivity index (χ1) is 9.69. The van der Waals surface area contributed by atoms with Crippen molar-refractivity contribution < 1.29 is 4.79 Å². The van der Waals surface area contributed by atoms with E-state index in [1.165, 1.54) is 5.56 Å². The van der Waals surface area contributed by atoms with E-state index < -0.39 is 0 Å². The van der Waals surface area contributed by atoms with Gasteiger partial charge in [-0.2, -0.15) is 0 Å². The number of hydrogen-bond donors (Lipinski definition) is 1. The van der Waals surface area contributed by atoms with Crippen LogP contribution in [0.5, 0.6) is 0 Å². The van der Waals surface area contributed by atoms with E-state index in [1.54, 1.807) is 0 Å². The molecule has 0 bridgehead atoms. The largest absolute Gasteiger partial charge is 0.342 e. The Morgan fingerprint density at radius 2 is 2.29 bits per heavy atom. The Morgan fingerprint density at radius 1 is 1.48 bits per heavy atom. The van der Waals surface area contributed by atoms with Gasteiger partial charge in [0.25, 0.3) is 0 Å². The maximum Gasteiger partial charge on any atom is 0.226 e. The Bertz CT molecular complexity index is 509. The number of carbonyl (C=O) groups is 1. The highest BCUT2D eigenvalue weighted by Gasteiger charge is 2.46. The molecule has 21 heavy (non-hydrogen) atoms. The third kappa shape index (κ3) is 3.71. The molecule has 1 saturated heterocycles. The van der Waals surface area contributed by atoms with Crippen molar-refractivity contribution in [2.75, 3.05) is 26.7 Å². The van der Waals surface area contributed by atoms with Crippen molar-refractivity contribution in [3.05, 3.63) is 34.9 Å². The molecule has 1 amide bonds. The van der Waals surface area contributed by atoms with Crippen LogP contribution in [0.25, 0.3) is 0 Å². The lowest BCUT2D eigenvalue weighted by atomic mass is 10.1. The summed E-state index contributed by atoms with van der Waals surface area (Å²) in [6.45, 7) is 2.84. The van der Waals surface area contributed by atoms with Gasteiger partial charge in [0.1, 0.15) is 0 Å². The summed E-state index contributed by atoms with van der Waals surface area (Å²) in [5.41, 5.74) is 1.21. The molecule has 2 aliphatic rings. The van der Waals surface area contributed by atoms with Crippen molar-refractivity contribution in [2.24, 2.45) is 11.8 Å². The molecular weight excluding hydrogens is 307 g/mol. The fourth-order valence-corrected chi connectivity index (χ4v) is 3.49. The van der Waals surface area contributed by atoms with Crippen molar-refractivity contribution in [2.45, 2.75) is 18.8 Å². The summed E-state index contributed by atoms with van der Waals surface area (Å²) in [4.78, 5) is 14.6. The zero-order chi connectivity index (χ0) is 14.1. The summed E-state index contributed by atoms with van der Waals surface area (Å²) in [6, 6.07) is 7.92. The van der Waals surface area contributed by atoms with Crippen LogP contribution in [0.4, 0.5) is 0 Å². The Balaban J connectivity index is 0.00000161. The fourth-order valence-electron chi connectivity index (χ4n) is 3.30. The zero-order valence-electron chi connectivity index (χ0n) is 12.2. The van der Waals surface area contributed by atoms with E-state index in [-0.39, 0.29) is 18.3 Å². The van der Waals surface area contributed by atoms with Gasteiger partial charge in [-0.1, -0.05) is 23.7 Å². The molecule has 1 aromatic carbocycles. The molecule has 1 aliphatic carbocycles. The van der Waals surface area contributed by atoms with Gasteiger partial charge in [-0.25, -0.2) is 0 Å². The Labute approximate surface area is 137 Å². The molecule has 1 saturated carbocycles. The minimum absolute atomic E-state index is 0. The van der Waals surface area contributed by atoms with E-state index in [0.717, 1.165) is 37.5 Å². The first kappa shape index (κ1) is 16.6. The normalized spacial score (nSPS) is 27.3. The van der Waals surface area contributed by atoms with Crippen LogP contribution in [0.3, 0.4) is 0 Å². The van der Waals surface area contributed by atoms with Crippen molar-refractivity contribution in [3.63, 3.8) is 0 Å². The fraction of sp³-hybridized carbons (Fsp3) is 0.562. The number of nitrogens with one attached hydrogen (secondary N) is 1. The second-order valence-electron chi connectivity index (χ2n) is 6.00. The first-order valence-corrected chi connectivity index (χ1v) is 7.75. The number of nitrogens with zero attached hydrogens (tertiary/aromatic N) is 1. The highest BCUT2D eigenvalue weighted by atomic mass is 35.5. The zero-order valence-corrected chi connectivity index (χ0v) is 13.8. The number of carbonyl (C=O) groups excluding carboxylic acids is 1. The first-order valence-electron chi connectivity index (χ1n) is 7.38. The van der Waals surface area contributed by atoms with Crippen LogP contribution in [0.2, 0.25) is 5.02 Å². The van der Waals surface area contributed by atoms with Gasteiger partial charge in [0.05, 0.1) is 0 Å².